The first-order chi connectivity index (χ1) is 21.7. The van der Waals surface area contributed by atoms with Crippen molar-refractivity contribution in [3.05, 3.63) is 52.6 Å². The molecule has 0 radical (unpaired) electrons. The zero-order valence-corrected chi connectivity index (χ0v) is 29.2. The molecule has 0 amide bonds. The number of nitrogens with zero attached hydrogens (tertiary/aromatic N) is 2. The Morgan fingerprint density at radius 2 is 1.28 bits per heavy atom. The first kappa shape index (κ1) is 38.5. The average Bonchev–Trinajstić information content (AvgIpc) is 2.98. The molecule has 0 spiro atoms. The second-order valence-corrected chi connectivity index (χ2v) is 14.0. The minimum Gasteiger partial charge on any atom is -0.493 e. The highest BCUT2D eigenvalue weighted by Crippen LogP contribution is 2.36. The minimum atomic E-state index is -0.919. The molecule has 2 rings (SSSR count). The van der Waals surface area contributed by atoms with Crippen LogP contribution in [0.15, 0.2) is 30.3 Å². The highest BCUT2D eigenvalue weighted by atomic mass is 16.6. The predicted molar refractivity (Wildman–Crippen MR) is 172 cm³/mol. The molecular formula is C35H46N2O10. The Morgan fingerprint density at radius 1 is 0.723 bits per heavy atom. The van der Waals surface area contributed by atoms with E-state index in [9.17, 15) is 24.7 Å². The summed E-state index contributed by atoms with van der Waals surface area (Å²) < 4.78 is 33.1. The third-order valence-corrected chi connectivity index (χ3v) is 6.55. The molecule has 2 aromatic rings. The summed E-state index contributed by atoms with van der Waals surface area (Å²) in [6.07, 6.45) is 0.898. The number of ether oxygens (including phenoxy) is 6. The summed E-state index contributed by atoms with van der Waals surface area (Å²) >= 11 is 0. The van der Waals surface area contributed by atoms with Gasteiger partial charge in [-0.2, -0.15) is 4.79 Å². The van der Waals surface area contributed by atoms with Crippen molar-refractivity contribution in [1.82, 2.24) is 0 Å². The third kappa shape index (κ3) is 11.0. The standard InChI is InChI=1S/C35H46N2O10/c1-33(2,3)30(39)44-16-12-13-21-17-23(27(37-36)29(38)43-11)28(26(18-21)42-10)45-20-22-14-15-24(46-31(40)34(4,5)6)25(19-22)47-32(41)35(7,8)9/h14-15,17-19H,12-13,16,20H2,1-11H3. The number of carbonyl (C=O) groups is 4. The monoisotopic (exact) mass is 654 g/mol. The van der Waals surface area contributed by atoms with Crippen LogP contribution in [-0.2, 0) is 41.7 Å². The zero-order chi connectivity index (χ0) is 35.7. The highest BCUT2D eigenvalue weighted by molar-refractivity contribution is 6.41. The van der Waals surface area contributed by atoms with E-state index in [2.05, 4.69) is 4.79 Å². The van der Waals surface area contributed by atoms with Crippen molar-refractivity contribution >= 4 is 29.6 Å². The van der Waals surface area contributed by atoms with Gasteiger partial charge >= 0.3 is 29.6 Å². The first-order valence-electron chi connectivity index (χ1n) is 15.1. The fraction of sp³-hybridized carbons (Fsp3) is 0.514. The fourth-order valence-corrected chi connectivity index (χ4v) is 3.71. The van der Waals surface area contributed by atoms with Gasteiger partial charge in [-0.1, -0.05) is 6.07 Å². The number of rotatable bonds is 12. The second kappa shape index (κ2) is 15.7. The van der Waals surface area contributed by atoms with E-state index in [4.69, 9.17) is 28.4 Å². The van der Waals surface area contributed by atoms with Crippen molar-refractivity contribution in [3.8, 4) is 23.0 Å². The molecule has 2 aromatic carbocycles. The van der Waals surface area contributed by atoms with Gasteiger partial charge in [0, 0.05) is 0 Å². The number of methoxy groups -OCH3 is 2. The van der Waals surface area contributed by atoms with Gasteiger partial charge < -0.3 is 34.0 Å². The maximum atomic E-state index is 12.8. The molecule has 0 aromatic heterocycles. The molecule has 0 unspecified atom stereocenters. The van der Waals surface area contributed by atoms with E-state index in [1.165, 1.54) is 19.2 Å². The summed E-state index contributed by atoms with van der Waals surface area (Å²) in [5.41, 5.74) is 8.36. The van der Waals surface area contributed by atoms with Gasteiger partial charge in [0.25, 0.3) is 0 Å². The van der Waals surface area contributed by atoms with Crippen LogP contribution in [-0.4, -0.2) is 55.2 Å². The van der Waals surface area contributed by atoms with Gasteiger partial charge in [-0.3, -0.25) is 14.4 Å². The second-order valence-electron chi connectivity index (χ2n) is 14.0. The molecule has 0 heterocycles. The molecular weight excluding hydrogens is 608 g/mol. The smallest absolute Gasteiger partial charge is 0.422 e. The molecule has 0 atom stereocenters. The van der Waals surface area contributed by atoms with E-state index in [0.717, 1.165) is 7.11 Å². The maximum Gasteiger partial charge on any atom is 0.422 e. The van der Waals surface area contributed by atoms with E-state index in [-0.39, 0.29) is 47.7 Å². The number of hydrogen-bond acceptors (Lipinski definition) is 10. The summed E-state index contributed by atoms with van der Waals surface area (Å²) in [6.45, 7) is 15.5. The van der Waals surface area contributed by atoms with Crippen molar-refractivity contribution in [2.75, 3.05) is 20.8 Å². The quantitative estimate of drug-likeness (QED) is 0.0674. The van der Waals surface area contributed by atoms with Crippen LogP contribution in [0.1, 0.15) is 85.4 Å². The first-order valence-corrected chi connectivity index (χ1v) is 15.1. The fourth-order valence-electron chi connectivity index (χ4n) is 3.71. The Hall–Kier alpha value is -4.70. The van der Waals surface area contributed by atoms with Crippen molar-refractivity contribution in [2.24, 2.45) is 16.2 Å². The predicted octanol–water partition coefficient (Wildman–Crippen LogP) is 5.89. The molecule has 47 heavy (non-hydrogen) atoms. The summed E-state index contributed by atoms with van der Waals surface area (Å²) in [6, 6.07) is 7.93. The Labute approximate surface area is 276 Å². The largest absolute Gasteiger partial charge is 0.493 e. The normalized spacial score (nSPS) is 11.6. The molecule has 12 nitrogen and oxygen atoms in total. The lowest BCUT2D eigenvalue weighted by atomic mass is 9.97. The lowest BCUT2D eigenvalue weighted by Gasteiger charge is -2.21. The Kier molecular flexibility index (Phi) is 12.9. The van der Waals surface area contributed by atoms with Crippen LogP contribution in [0.2, 0.25) is 0 Å². The van der Waals surface area contributed by atoms with Crippen molar-refractivity contribution in [2.45, 2.75) is 81.8 Å². The Bertz CT molecular complexity index is 1540. The molecule has 12 heteroatoms. The summed E-state index contributed by atoms with van der Waals surface area (Å²) in [7, 11) is 2.56. The van der Waals surface area contributed by atoms with Crippen LogP contribution in [0.5, 0.6) is 23.0 Å². The molecule has 0 fully saturated rings. The Morgan fingerprint density at radius 3 is 1.79 bits per heavy atom. The topological polar surface area (TPSA) is 160 Å². The van der Waals surface area contributed by atoms with Crippen molar-refractivity contribution in [3.63, 3.8) is 0 Å². The van der Waals surface area contributed by atoms with E-state index in [1.807, 2.05) is 0 Å². The van der Waals surface area contributed by atoms with Gasteiger partial charge in [-0.25, -0.2) is 4.79 Å². The summed E-state index contributed by atoms with van der Waals surface area (Å²) in [4.78, 5) is 53.3. The number of hydrogen-bond donors (Lipinski definition) is 0. The Balaban J connectivity index is 2.48. The number of esters is 4. The molecule has 0 N–H and O–H groups in total. The highest BCUT2D eigenvalue weighted by Gasteiger charge is 2.32. The van der Waals surface area contributed by atoms with Gasteiger partial charge in [0.1, 0.15) is 12.2 Å². The van der Waals surface area contributed by atoms with E-state index in [1.54, 1.807) is 80.5 Å². The lowest BCUT2D eigenvalue weighted by Crippen LogP contribution is -2.28. The zero-order valence-electron chi connectivity index (χ0n) is 29.2. The molecule has 0 aliphatic carbocycles. The van der Waals surface area contributed by atoms with E-state index < -0.39 is 39.9 Å². The SMILES string of the molecule is COC(=O)C(=[N+]=[N-])c1cc(CCCOC(=O)C(C)(C)C)cc(OC)c1OCc1ccc(OC(=O)C(C)(C)C)c(OC(=O)C(C)(C)C)c1. The van der Waals surface area contributed by atoms with Crippen molar-refractivity contribution < 1.29 is 52.4 Å². The third-order valence-electron chi connectivity index (χ3n) is 6.55. The van der Waals surface area contributed by atoms with Crippen LogP contribution < -0.4 is 18.9 Å². The van der Waals surface area contributed by atoms with E-state index >= 15 is 0 Å². The molecule has 0 saturated carbocycles. The van der Waals surface area contributed by atoms with Crippen molar-refractivity contribution in [1.29, 1.82) is 0 Å². The average molecular weight is 655 g/mol. The summed E-state index contributed by atoms with van der Waals surface area (Å²) in [5, 5.41) is 0. The minimum absolute atomic E-state index is 0.0190. The van der Waals surface area contributed by atoms with Gasteiger partial charge in [-0.05, 0) is 111 Å². The van der Waals surface area contributed by atoms with Crippen LogP contribution in [0.4, 0.5) is 0 Å². The number of benzene rings is 2. The van der Waals surface area contributed by atoms with Crippen LogP contribution in [0.25, 0.3) is 5.53 Å². The van der Waals surface area contributed by atoms with Gasteiger partial charge in [0.05, 0.1) is 37.1 Å². The number of carbonyl (C=O) groups excluding carboxylic acids is 4. The molecule has 0 bridgehead atoms. The van der Waals surface area contributed by atoms with Crippen LogP contribution in [0.3, 0.4) is 0 Å². The van der Waals surface area contributed by atoms with E-state index in [0.29, 0.717) is 24.0 Å². The molecule has 0 aliphatic rings. The van der Waals surface area contributed by atoms with Crippen LogP contribution in [0, 0.1) is 16.2 Å². The molecule has 256 valence electrons. The lowest BCUT2D eigenvalue weighted by molar-refractivity contribution is -0.153. The van der Waals surface area contributed by atoms with Gasteiger partial charge in [-0.15, -0.1) is 0 Å². The van der Waals surface area contributed by atoms with Gasteiger partial charge in [0.15, 0.2) is 23.0 Å². The van der Waals surface area contributed by atoms with Crippen LogP contribution >= 0.6 is 0 Å². The van der Waals surface area contributed by atoms with Gasteiger partial charge in [0.2, 0.25) is 0 Å². The number of aryl methyl sites for hydroxylation is 1. The maximum absolute atomic E-state index is 12.8. The molecule has 0 saturated heterocycles. The molecule has 0 aliphatic heterocycles. The summed E-state index contributed by atoms with van der Waals surface area (Å²) in [5.74, 6) is -1.93.